The van der Waals surface area contributed by atoms with Crippen molar-refractivity contribution in [3.63, 3.8) is 0 Å². The summed E-state index contributed by atoms with van der Waals surface area (Å²) in [5.74, 6) is 0.803. The molecule has 3 N–H and O–H groups in total. The topological polar surface area (TPSA) is 71.0 Å². The van der Waals surface area contributed by atoms with Crippen LogP contribution >= 0.6 is 0 Å². The van der Waals surface area contributed by atoms with Gasteiger partial charge >= 0.3 is 0 Å². The Morgan fingerprint density at radius 2 is 2.13 bits per heavy atom. The lowest BCUT2D eigenvalue weighted by atomic mass is 10.1. The molecule has 120 valence electrons. The van der Waals surface area contributed by atoms with E-state index in [1.54, 1.807) is 6.20 Å². The van der Waals surface area contributed by atoms with Crippen molar-refractivity contribution >= 4 is 5.91 Å². The molecule has 4 rings (SSSR count). The van der Waals surface area contributed by atoms with E-state index in [2.05, 4.69) is 21.3 Å². The highest BCUT2D eigenvalue weighted by molar-refractivity contribution is 5.82. The van der Waals surface area contributed by atoms with E-state index in [1.807, 2.05) is 41.2 Å². The molecule has 1 amide bonds. The number of hydrazine groups is 1. The predicted molar refractivity (Wildman–Crippen MR) is 86.6 cm³/mol. The fourth-order valence-corrected chi connectivity index (χ4v) is 3.16. The third-order valence-electron chi connectivity index (χ3n) is 4.64. The minimum Gasteiger partial charge on any atom is -0.351 e. The lowest BCUT2D eigenvalue weighted by Gasteiger charge is -2.13. The van der Waals surface area contributed by atoms with Crippen molar-refractivity contribution < 1.29 is 4.79 Å². The van der Waals surface area contributed by atoms with E-state index in [0.717, 1.165) is 23.6 Å². The first-order valence-electron chi connectivity index (χ1n) is 8.18. The Bertz CT molecular complexity index is 680. The summed E-state index contributed by atoms with van der Waals surface area (Å²) in [6, 6.07) is 10.2. The van der Waals surface area contributed by atoms with E-state index >= 15 is 0 Å². The molecule has 2 heterocycles. The maximum atomic E-state index is 12.4. The van der Waals surface area contributed by atoms with E-state index in [-0.39, 0.29) is 11.9 Å². The van der Waals surface area contributed by atoms with Crippen LogP contribution in [0.15, 0.2) is 42.7 Å². The van der Waals surface area contributed by atoms with Crippen molar-refractivity contribution in [1.29, 1.82) is 0 Å². The van der Waals surface area contributed by atoms with Crippen LogP contribution in [0.5, 0.6) is 0 Å². The predicted octanol–water partition coefficient (Wildman–Crippen LogP) is 1.13. The molecular weight excluding hydrogens is 290 g/mol. The van der Waals surface area contributed by atoms with Crippen molar-refractivity contribution in [3.8, 4) is 5.69 Å². The lowest BCUT2D eigenvalue weighted by molar-refractivity contribution is -0.123. The molecule has 2 aliphatic rings. The summed E-state index contributed by atoms with van der Waals surface area (Å²) in [4.78, 5) is 12.4. The third kappa shape index (κ3) is 3.13. The van der Waals surface area contributed by atoms with Gasteiger partial charge in [-0.2, -0.15) is 5.10 Å². The summed E-state index contributed by atoms with van der Waals surface area (Å²) in [5.41, 5.74) is 8.43. The molecule has 1 aliphatic heterocycles. The van der Waals surface area contributed by atoms with Gasteiger partial charge in [0.1, 0.15) is 6.04 Å². The number of carbonyl (C=O) groups is 1. The first-order valence-corrected chi connectivity index (χ1v) is 8.18. The van der Waals surface area contributed by atoms with Gasteiger partial charge < -0.3 is 5.32 Å². The van der Waals surface area contributed by atoms with Gasteiger partial charge in [-0.25, -0.2) is 10.1 Å². The van der Waals surface area contributed by atoms with E-state index in [1.165, 1.54) is 12.8 Å². The smallest absolute Gasteiger partial charge is 0.238 e. The number of carbonyl (C=O) groups excluding carboxylic acids is 1. The summed E-state index contributed by atoms with van der Waals surface area (Å²) in [6.45, 7) is 0.501. The molecule has 1 aromatic heterocycles. The molecule has 2 fully saturated rings. The van der Waals surface area contributed by atoms with Gasteiger partial charge in [0.05, 0.1) is 5.69 Å². The molecule has 2 unspecified atom stereocenters. The molecule has 2 aromatic rings. The Balaban J connectivity index is 1.38. The molecule has 6 heteroatoms. The molecule has 6 nitrogen and oxygen atoms in total. The zero-order valence-electron chi connectivity index (χ0n) is 12.9. The Kier molecular flexibility index (Phi) is 3.85. The molecule has 1 saturated carbocycles. The Morgan fingerprint density at radius 1 is 1.26 bits per heavy atom. The molecule has 23 heavy (non-hydrogen) atoms. The summed E-state index contributed by atoms with van der Waals surface area (Å²) >= 11 is 0. The van der Waals surface area contributed by atoms with Crippen LogP contribution < -0.4 is 16.2 Å². The van der Waals surface area contributed by atoms with Crippen molar-refractivity contribution in [1.82, 2.24) is 25.9 Å². The first-order chi connectivity index (χ1) is 11.3. The van der Waals surface area contributed by atoms with Gasteiger partial charge in [0, 0.05) is 25.0 Å². The monoisotopic (exact) mass is 311 g/mol. The fraction of sp³-hybridized carbons (Fsp3) is 0.412. The quantitative estimate of drug-likeness (QED) is 0.774. The molecule has 2 atom stereocenters. The van der Waals surface area contributed by atoms with Crippen LogP contribution in [0.1, 0.15) is 24.8 Å². The number of amides is 1. The van der Waals surface area contributed by atoms with Crippen LogP contribution in [0.25, 0.3) is 5.69 Å². The molecule has 1 aliphatic carbocycles. The highest BCUT2D eigenvalue weighted by Crippen LogP contribution is 2.35. The number of para-hydroxylation sites is 1. The second-order valence-electron chi connectivity index (χ2n) is 6.32. The van der Waals surface area contributed by atoms with Crippen LogP contribution in [-0.4, -0.2) is 27.8 Å². The van der Waals surface area contributed by atoms with Crippen LogP contribution in [0.3, 0.4) is 0 Å². The van der Waals surface area contributed by atoms with Gasteiger partial charge in [0.25, 0.3) is 0 Å². The van der Waals surface area contributed by atoms with Crippen molar-refractivity contribution in [2.75, 3.05) is 0 Å². The molecule has 1 saturated heterocycles. The molecular formula is C17H21N5O. The highest BCUT2D eigenvalue weighted by Gasteiger charge is 2.38. The Labute approximate surface area is 135 Å². The number of nitrogens with zero attached hydrogens (tertiary/aromatic N) is 2. The van der Waals surface area contributed by atoms with Gasteiger partial charge in [-0.05, 0) is 42.9 Å². The minimum atomic E-state index is -0.141. The number of benzene rings is 1. The number of hydrogen-bond donors (Lipinski definition) is 3. The first kappa shape index (κ1) is 14.4. The third-order valence-corrected chi connectivity index (χ3v) is 4.64. The van der Waals surface area contributed by atoms with E-state index in [0.29, 0.717) is 12.6 Å². The van der Waals surface area contributed by atoms with Crippen LogP contribution in [0.4, 0.5) is 0 Å². The zero-order valence-corrected chi connectivity index (χ0v) is 12.9. The molecule has 1 aromatic carbocycles. The standard InChI is InChI=1S/C17H21N5O/c23-17(15-10-14(20-21-15)12-6-7-12)18-11-13-4-1-2-5-16(13)22-9-3-8-19-22/h1-5,8-9,12,14-15,20-21H,6-7,10-11H2,(H,18,23). The van der Waals surface area contributed by atoms with E-state index in [9.17, 15) is 4.79 Å². The van der Waals surface area contributed by atoms with Crippen molar-refractivity contribution in [2.45, 2.75) is 37.9 Å². The normalized spacial score (nSPS) is 23.8. The second-order valence-corrected chi connectivity index (χ2v) is 6.32. The molecule has 0 bridgehead atoms. The number of aromatic nitrogens is 2. The summed E-state index contributed by atoms with van der Waals surface area (Å²) < 4.78 is 1.82. The maximum absolute atomic E-state index is 12.4. The largest absolute Gasteiger partial charge is 0.351 e. The zero-order chi connectivity index (χ0) is 15.6. The Morgan fingerprint density at radius 3 is 2.91 bits per heavy atom. The second kappa shape index (κ2) is 6.14. The summed E-state index contributed by atoms with van der Waals surface area (Å²) in [6.07, 6.45) is 7.10. The molecule has 0 spiro atoms. The average Bonchev–Trinajstić information content (AvgIpc) is 3.10. The maximum Gasteiger partial charge on any atom is 0.238 e. The number of rotatable bonds is 5. The lowest BCUT2D eigenvalue weighted by Crippen LogP contribution is -2.43. The Hall–Kier alpha value is -2.18. The average molecular weight is 311 g/mol. The van der Waals surface area contributed by atoms with Crippen molar-refractivity contribution in [2.24, 2.45) is 5.92 Å². The summed E-state index contributed by atoms with van der Waals surface area (Å²) in [7, 11) is 0. The van der Waals surface area contributed by atoms with Gasteiger partial charge in [0.2, 0.25) is 5.91 Å². The number of nitrogens with one attached hydrogen (secondary N) is 3. The van der Waals surface area contributed by atoms with Crippen LogP contribution in [-0.2, 0) is 11.3 Å². The van der Waals surface area contributed by atoms with Gasteiger partial charge in [0.15, 0.2) is 0 Å². The van der Waals surface area contributed by atoms with Gasteiger partial charge in [-0.3, -0.25) is 10.2 Å². The minimum absolute atomic E-state index is 0.0518. The van der Waals surface area contributed by atoms with E-state index in [4.69, 9.17) is 0 Å². The van der Waals surface area contributed by atoms with Crippen LogP contribution in [0.2, 0.25) is 0 Å². The number of hydrogen-bond acceptors (Lipinski definition) is 4. The fourth-order valence-electron chi connectivity index (χ4n) is 3.16. The van der Waals surface area contributed by atoms with E-state index < -0.39 is 0 Å². The SMILES string of the molecule is O=C(NCc1ccccc1-n1cccn1)C1CC(C2CC2)NN1. The molecule has 0 radical (unpaired) electrons. The summed E-state index contributed by atoms with van der Waals surface area (Å²) in [5, 5.41) is 7.31. The van der Waals surface area contributed by atoms with Crippen LogP contribution in [0, 0.1) is 5.92 Å². The van der Waals surface area contributed by atoms with Crippen molar-refractivity contribution in [3.05, 3.63) is 48.3 Å². The van der Waals surface area contributed by atoms with Gasteiger partial charge in [-0.15, -0.1) is 0 Å². The van der Waals surface area contributed by atoms with Gasteiger partial charge in [-0.1, -0.05) is 18.2 Å². The highest BCUT2D eigenvalue weighted by atomic mass is 16.2.